The minimum atomic E-state index is -1.08. The van der Waals surface area contributed by atoms with Gasteiger partial charge in [-0.25, -0.2) is 4.98 Å². The van der Waals surface area contributed by atoms with Gasteiger partial charge in [0.2, 0.25) is 5.95 Å². The minimum absolute atomic E-state index is 0.00568. The molecular formula is C9H14N6O2. The fraction of sp³-hybridized carbons (Fsp3) is 0.444. The number of hydrogen-bond donors (Lipinski definition) is 5. The van der Waals surface area contributed by atoms with Crippen molar-refractivity contribution in [3.05, 3.63) is 16.2 Å². The van der Waals surface area contributed by atoms with E-state index in [9.17, 15) is 9.90 Å². The lowest BCUT2D eigenvalue weighted by molar-refractivity contribution is 0.0678. The van der Waals surface area contributed by atoms with Gasteiger partial charge in [-0.3, -0.25) is 9.78 Å². The first-order chi connectivity index (χ1) is 7.91. The van der Waals surface area contributed by atoms with Crippen LogP contribution in [0.1, 0.15) is 12.7 Å². The predicted molar refractivity (Wildman–Crippen MR) is 62.3 cm³/mol. The molecule has 7 N–H and O–H groups in total. The van der Waals surface area contributed by atoms with Crippen molar-refractivity contribution in [3.63, 3.8) is 0 Å². The lowest BCUT2D eigenvalue weighted by atomic mass is 10.0. The van der Waals surface area contributed by atoms with Gasteiger partial charge in [0, 0.05) is 13.0 Å². The van der Waals surface area contributed by atoms with Crippen molar-refractivity contribution in [1.29, 1.82) is 0 Å². The van der Waals surface area contributed by atoms with Crippen LogP contribution in [-0.4, -0.2) is 37.2 Å². The SMILES string of the molecule is CC(O)(CN)Cc1nc2nc(N)[nH]c(=O)c2[nH]1. The molecule has 92 valence electrons. The van der Waals surface area contributed by atoms with Crippen LogP contribution in [0.25, 0.3) is 11.2 Å². The molecule has 0 aliphatic heterocycles. The smallest absolute Gasteiger partial charge is 0.278 e. The second-order valence-electron chi connectivity index (χ2n) is 4.21. The summed E-state index contributed by atoms with van der Waals surface area (Å²) in [4.78, 5) is 24.6. The first-order valence-corrected chi connectivity index (χ1v) is 5.08. The Morgan fingerprint density at radius 3 is 2.76 bits per heavy atom. The maximum absolute atomic E-state index is 11.5. The number of nitrogens with two attached hydrogens (primary N) is 2. The summed E-state index contributed by atoms with van der Waals surface area (Å²) >= 11 is 0. The molecule has 0 bridgehead atoms. The molecule has 1 atom stereocenters. The molecule has 0 aliphatic carbocycles. The molecule has 0 saturated carbocycles. The molecule has 1 unspecified atom stereocenters. The number of aromatic amines is 2. The molecule has 2 heterocycles. The van der Waals surface area contributed by atoms with E-state index in [0.29, 0.717) is 5.82 Å². The fourth-order valence-corrected chi connectivity index (χ4v) is 1.49. The van der Waals surface area contributed by atoms with Gasteiger partial charge in [0.25, 0.3) is 5.56 Å². The Balaban J connectivity index is 2.45. The molecule has 8 nitrogen and oxygen atoms in total. The average molecular weight is 238 g/mol. The van der Waals surface area contributed by atoms with Crippen molar-refractivity contribution in [2.75, 3.05) is 12.3 Å². The van der Waals surface area contributed by atoms with Crippen LogP contribution in [0.2, 0.25) is 0 Å². The quantitative estimate of drug-likeness (QED) is 0.438. The molecule has 2 rings (SSSR count). The summed E-state index contributed by atoms with van der Waals surface area (Å²) < 4.78 is 0. The van der Waals surface area contributed by atoms with Crippen LogP contribution in [0.3, 0.4) is 0 Å². The predicted octanol–water partition coefficient (Wildman–Crippen LogP) is -1.52. The van der Waals surface area contributed by atoms with Crippen LogP contribution in [0.15, 0.2) is 4.79 Å². The average Bonchev–Trinajstić information content (AvgIpc) is 2.59. The molecule has 2 aromatic heterocycles. The summed E-state index contributed by atoms with van der Waals surface area (Å²) in [5, 5.41) is 9.81. The van der Waals surface area contributed by atoms with E-state index in [-0.39, 0.29) is 30.1 Å². The molecule has 0 amide bonds. The van der Waals surface area contributed by atoms with Crippen LogP contribution in [0, 0.1) is 0 Å². The van der Waals surface area contributed by atoms with Crippen molar-refractivity contribution in [1.82, 2.24) is 19.9 Å². The van der Waals surface area contributed by atoms with Crippen LogP contribution >= 0.6 is 0 Å². The Morgan fingerprint density at radius 2 is 2.12 bits per heavy atom. The van der Waals surface area contributed by atoms with Crippen LogP contribution in [-0.2, 0) is 6.42 Å². The van der Waals surface area contributed by atoms with E-state index in [1.54, 1.807) is 6.92 Å². The third-order valence-electron chi connectivity index (χ3n) is 2.42. The van der Waals surface area contributed by atoms with Gasteiger partial charge in [-0.2, -0.15) is 4.98 Å². The Morgan fingerprint density at radius 1 is 1.41 bits per heavy atom. The third kappa shape index (κ3) is 2.27. The molecule has 2 aromatic rings. The third-order valence-corrected chi connectivity index (χ3v) is 2.42. The number of nitrogen functional groups attached to an aromatic ring is 1. The van der Waals surface area contributed by atoms with Gasteiger partial charge < -0.3 is 21.6 Å². The van der Waals surface area contributed by atoms with Gasteiger partial charge in [0.1, 0.15) is 5.82 Å². The number of hydrogen-bond acceptors (Lipinski definition) is 6. The first-order valence-electron chi connectivity index (χ1n) is 5.08. The standard InChI is InChI=1S/C9H14N6O2/c1-9(17,3-10)2-4-12-5-6(13-4)14-8(11)15-7(5)16/h17H,2-3,10H2,1H3,(H4,11,12,13,14,15,16). The Hall–Kier alpha value is -1.93. The summed E-state index contributed by atoms with van der Waals surface area (Å²) in [6.45, 7) is 1.68. The van der Waals surface area contributed by atoms with Gasteiger partial charge in [0.05, 0.1) is 5.60 Å². The summed E-state index contributed by atoms with van der Waals surface area (Å²) in [7, 11) is 0. The molecule has 0 saturated heterocycles. The van der Waals surface area contributed by atoms with Crippen LogP contribution < -0.4 is 17.0 Å². The molecule has 0 fully saturated rings. The number of imidazole rings is 1. The highest BCUT2D eigenvalue weighted by atomic mass is 16.3. The van der Waals surface area contributed by atoms with E-state index in [0.717, 1.165) is 0 Å². The van der Waals surface area contributed by atoms with Gasteiger partial charge >= 0.3 is 0 Å². The van der Waals surface area contributed by atoms with E-state index >= 15 is 0 Å². The van der Waals surface area contributed by atoms with E-state index in [1.807, 2.05) is 0 Å². The summed E-state index contributed by atoms with van der Waals surface area (Å²) in [6, 6.07) is 0. The normalized spacial score (nSPS) is 15.0. The van der Waals surface area contributed by atoms with E-state index in [1.165, 1.54) is 0 Å². The van der Waals surface area contributed by atoms with Crippen molar-refractivity contribution in [2.24, 2.45) is 5.73 Å². The highest BCUT2D eigenvalue weighted by Gasteiger charge is 2.21. The zero-order chi connectivity index (χ0) is 12.6. The summed E-state index contributed by atoms with van der Waals surface area (Å²) in [6.07, 6.45) is 0.208. The Labute approximate surface area is 96.1 Å². The van der Waals surface area contributed by atoms with E-state index in [4.69, 9.17) is 11.5 Å². The number of aromatic nitrogens is 4. The fourth-order valence-electron chi connectivity index (χ4n) is 1.49. The van der Waals surface area contributed by atoms with Gasteiger partial charge in [-0.05, 0) is 6.92 Å². The van der Waals surface area contributed by atoms with Crippen LogP contribution in [0.4, 0.5) is 5.95 Å². The maximum atomic E-state index is 11.5. The maximum Gasteiger partial charge on any atom is 0.278 e. The molecule has 0 radical (unpaired) electrons. The molecular weight excluding hydrogens is 224 g/mol. The summed E-state index contributed by atoms with van der Waals surface area (Å²) in [5.74, 6) is 0.449. The second kappa shape index (κ2) is 3.82. The van der Waals surface area contributed by atoms with Gasteiger partial charge in [-0.15, -0.1) is 0 Å². The van der Waals surface area contributed by atoms with Gasteiger partial charge in [0.15, 0.2) is 11.2 Å². The Kier molecular flexibility index (Phi) is 2.60. The molecule has 17 heavy (non-hydrogen) atoms. The number of H-pyrrole nitrogens is 2. The van der Waals surface area contributed by atoms with E-state index < -0.39 is 11.2 Å². The zero-order valence-electron chi connectivity index (χ0n) is 9.32. The number of nitrogens with zero attached hydrogens (tertiary/aromatic N) is 2. The number of anilines is 1. The second-order valence-corrected chi connectivity index (χ2v) is 4.21. The highest BCUT2D eigenvalue weighted by molar-refractivity contribution is 5.70. The molecule has 0 aromatic carbocycles. The molecule has 0 spiro atoms. The number of aliphatic hydroxyl groups is 1. The lowest BCUT2D eigenvalue weighted by Gasteiger charge is -2.18. The van der Waals surface area contributed by atoms with Gasteiger partial charge in [-0.1, -0.05) is 0 Å². The zero-order valence-corrected chi connectivity index (χ0v) is 9.32. The van der Waals surface area contributed by atoms with Crippen molar-refractivity contribution in [3.8, 4) is 0 Å². The van der Waals surface area contributed by atoms with Crippen molar-refractivity contribution < 1.29 is 5.11 Å². The largest absolute Gasteiger partial charge is 0.388 e. The first kappa shape index (κ1) is 11.6. The van der Waals surface area contributed by atoms with Crippen LogP contribution in [0.5, 0.6) is 0 Å². The minimum Gasteiger partial charge on any atom is -0.388 e. The van der Waals surface area contributed by atoms with E-state index in [2.05, 4.69) is 19.9 Å². The highest BCUT2D eigenvalue weighted by Crippen LogP contribution is 2.11. The number of nitrogens with one attached hydrogen (secondary N) is 2. The topological polar surface area (TPSA) is 147 Å². The molecule has 8 heteroatoms. The summed E-state index contributed by atoms with van der Waals surface area (Å²) in [5.41, 5.74) is 9.81. The molecule has 0 aliphatic rings. The van der Waals surface area contributed by atoms with Crippen molar-refractivity contribution >= 4 is 17.1 Å². The monoisotopic (exact) mass is 238 g/mol. The lowest BCUT2D eigenvalue weighted by Crippen LogP contribution is -2.36. The van der Waals surface area contributed by atoms with Crippen molar-refractivity contribution in [2.45, 2.75) is 18.9 Å². The Bertz CT molecular complexity index is 599. The number of rotatable bonds is 3. The number of fused-ring (bicyclic) bond motifs is 1.